The summed E-state index contributed by atoms with van der Waals surface area (Å²) in [4.78, 5) is 21.6. The topological polar surface area (TPSA) is 108 Å². The quantitative estimate of drug-likeness (QED) is 0.578. The molecule has 7 nitrogen and oxygen atoms in total. The lowest BCUT2D eigenvalue weighted by Gasteiger charge is -2.09. The van der Waals surface area contributed by atoms with Gasteiger partial charge in [-0.2, -0.15) is 0 Å². The highest BCUT2D eigenvalue weighted by atomic mass is 16.5. The third-order valence-corrected chi connectivity index (χ3v) is 2.35. The number of ether oxygens (including phenoxy) is 1. The molecule has 1 rings (SSSR count). The van der Waals surface area contributed by atoms with Gasteiger partial charge in [-0.15, -0.1) is 0 Å². The number of carbonyl (C=O) groups excluding carboxylic acids is 1. The average molecular weight is 268 g/mol. The van der Waals surface area contributed by atoms with Crippen molar-refractivity contribution in [2.75, 3.05) is 13.7 Å². The van der Waals surface area contributed by atoms with E-state index in [-0.39, 0.29) is 6.54 Å². The Balaban J connectivity index is 2.31. The number of carbonyl (C=O) groups is 2. The van der Waals surface area contributed by atoms with E-state index in [1.54, 1.807) is 31.4 Å². The predicted molar refractivity (Wildman–Crippen MR) is 66.9 cm³/mol. The highest BCUT2D eigenvalue weighted by molar-refractivity contribution is 5.76. The number of amides is 2. The van der Waals surface area contributed by atoms with E-state index in [9.17, 15) is 9.59 Å². The van der Waals surface area contributed by atoms with Crippen molar-refractivity contribution in [1.82, 2.24) is 10.6 Å². The van der Waals surface area contributed by atoms with Crippen molar-refractivity contribution in [3.05, 3.63) is 29.8 Å². The number of carboxylic acid groups (broad SMARTS) is 1. The van der Waals surface area contributed by atoms with E-state index < -0.39 is 18.1 Å². The first-order chi connectivity index (χ1) is 9.02. The minimum Gasteiger partial charge on any atom is -0.497 e. The second kappa shape index (κ2) is 7.22. The summed E-state index contributed by atoms with van der Waals surface area (Å²) in [6.45, 7) is -0.0528. The fourth-order valence-corrected chi connectivity index (χ4v) is 1.26. The molecule has 7 heteroatoms. The fraction of sp³-hybridized carbons (Fsp3) is 0.333. The van der Waals surface area contributed by atoms with Crippen LogP contribution in [0.4, 0.5) is 4.79 Å². The Kier molecular flexibility index (Phi) is 5.62. The van der Waals surface area contributed by atoms with Gasteiger partial charge in [0.15, 0.2) is 6.10 Å². The second-order valence-electron chi connectivity index (χ2n) is 3.77. The number of nitrogens with one attached hydrogen (secondary N) is 2. The Morgan fingerprint density at radius 1 is 1.26 bits per heavy atom. The molecule has 104 valence electrons. The standard InChI is InChI=1S/C12H16N2O5/c1-19-9-4-2-8(3-5-9)6-13-12(18)14-7-10(15)11(16)17/h2-5,10,15H,6-7H2,1H3,(H,16,17)(H2,13,14,18). The third-order valence-electron chi connectivity index (χ3n) is 2.35. The maximum Gasteiger partial charge on any atom is 0.334 e. The number of hydrogen-bond donors (Lipinski definition) is 4. The van der Waals surface area contributed by atoms with Crippen LogP contribution in [0.5, 0.6) is 5.75 Å². The largest absolute Gasteiger partial charge is 0.497 e. The third kappa shape index (κ3) is 5.26. The monoisotopic (exact) mass is 268 g/mol. The molecule has 0 saturated heterocycles. The molecule has 0 fully saturated rings. The van der Waals surface area contributed by atoms with Gasteiger partial charge in [0.05, 0.1) is 13.7 Å². The molecule has 0 heterocycles. The van der Waals surface area contributed by atoms with Gasteiger partial charge in [0, 0.05) is 6.54 Å². The van der Waals surface area contributed by atoms with Crippen molar-refractivity contribution in [2.45, 2.75) is 12.6 Å². The number of carboxylic acids is 1. The van der Waals surface area contributed by atoms with Gasteiger partial charge in [0.1, 0.15) is 5.75 Å². The normalized spacial score (nSPS) is 11.5. The van der Waals surface area contributed by atoms with Crippen LogP contribution in [0.2, 0.25) is 0 Å². The van der Waals surface area contributed by atoms with E-state index in [0.29, 0.717) is 6.54 Å². The Bertz CT molecular complexity index is 432. The summed E-state index contributed by atoms with van der Waals surface area (Å²) in [5.41, 5.74) is 0.870. The van der Waals surface area contributed by atoms with Crippen LogP contribution in [0.25, 0.3) is 0 Å². The molecule has 0 saturated carbocycles. The molecule has 0 radical (unpaired) electrons. The van der Waals surface area contributed by atoms with Gasteiger partial charge in [-0.25, -0.2) is 9.59 Å². The highest BCUT2D eigenvalue weighted by Crippen LogP contribution is 2.10. The van der Waals surface area contributed by atoms with Crippen LogP contribution < -0.4 is 15.4 Å². The molecule has 2 amide bonds. The lowest BCUT2D eigenvalue weighted by atomic mass is 10.2. The molecule has 0 bridgehead atoms. The van der Waals surface area contributed by atoms with Gasteiger partial charge in [-0.3, -0.25) is 0 Å². The number of aliphatic carboxylic acids is 1. The van der Waals surface area contributed by atoms with Crippen LogP contribution in [-0.4, -0.2) is 42.0 Å². The van der Waals surface area contributed by atoms with Crippen LogP contribution >= 0.6 is 0 Å². The summed E-state index contributed by atoms with van der Waals surface area (Å²) >= 11 is 0. The van der Waals surface area contributed by atoms with Crippen molar-refractivity contribution in [3.8, 4) is 5.75 Å². The van der Waals surface area contributed by atoms with Crippen molar-refractivity contribution in [3.63, 3.8) is 0 Å². The number of benzene rings is 1. The first-order valence-electron chi connectivity index (χ1n) is 5.58. The van der Waals surface area contributed by atoms with Gasteiger partial charge in [0.25, 0.3) is 0 Å². The molecule has 1 atom stereocenters. The molecule has 0 spiro atoms. The maximum atomic E-state index is 11.3. The lowest BCUT2D eigenvalue weighted by molar-refractivity contribution is -0.146. The Morgan fingerprint density at radius 2 is 1.89 bits per heavy atom. The molecule has 19 heavy (non-hydrogen) atoms. The fourth-order valence-electron chi connectivity index (χ4n) is 1.26. The number of aliphatic hydroxyl groups is 1. The van der Waals surface area contributed by atoms with E-state index >= 15 is 0 Å². The summed E-state index contributed by atoms with van der Waals surface area (Å²) in [6, 6.07) is 6.58. The summed E-state index contributed by atoms with van der Waals surface area (Å²) in [5, 5.41) is 22.2. The average Bonchev–Trinajstić information content (AvgIpc) is 2.42. The SMILES string of the molecule is COc1ccc(CNC(=O)NCC(O)C(=O)O)cc1. The minimum absolute atomic E-state index is 0.291. The molecule has 0 aliphatic heterocycles. The second-order valence-corrected chi connectivity index (χ2v) is 3.77. The summed E-state index contributed by atoms with van der Waals surface area (Å²) in [7, 11) is 1.56. The summed E-state index contributed by atoms with van der Waals surface area (Å²) in [6.07, 6.45) is -1.60. The van der Waals surface area contributed by atoms with Gasteiger partial charge in [-0.05, 0) is 17.7 Å². The number of hydrogen-bond acceptors (Lipinski definition) is 4. The van der Waals surface area contributed by atoms with E-state index in [1.807, 2.05) is 0 Å². The molecule has 0 aliphatic carbocycles. The molecule has 1 aromatic carbocycles. The first-order valence-corrected chi connectivity index (χ1v) is 5.58. The van der Waals surface area contributed by atoms with Crippen molar-refractivity contribution in [2.24, 2.45) is 0 Å². The summed E-state index contributed by atoms with van der Waals surface area (Å²) in [5.74, 6) is -0.659. The maximum absolute atomic E-state index is 11.3. The van der Waals surface area contributed by atoms with Gasteiger partial charge in [0.2, 0.25) is 0 Å². The molecule has 4 N–H and O–H groups in total. The summed E-state index contributed by atoms with van der Waals surface area (Å²) < 4.78 is 5.00. The molecule has 1 unspecified atom stereocenters. The molecule has 1 aromatic rings. The highest BCUT2D eigenvalue weighted by Gasteiger charge is 2.13. The number of urea groups is 1. The lowest BCUT2D eigenvalue weighted by Crippen LogP contribution is -2.41. The zero-order valence-electron chi connectivity index (χ0n) is 10.4. The Morgan fingerprint density at radius 3 is 2.42 bits per heavy atom. The van der Waals surface area contributed by atoms with Crippen molar-refractivity contribution >= 4 is 12.0 Å². The number of aliphatic hydroxyl groups excluding tert-OH is 1. The van der Waals surface area contributed by atoms with Gasteiger partial charge >= 0.3 is 12.0 Å². The Labute approximate surface area is 110 Å². The van der Waals surface area contributed by atoms with Crippen LogP contribution in [0.3, 0.4) is 0 Å². The zero-order valence-corrected chi connectivity index (χ0v) is 10.4. The minimum atomic E-state index is -1.60. The van der Waals surface area contributed by atoms with Gasteiger partial charge < -0.3 is 25.6 Å². The first kappa shape index (κ1) is 14.8. The van der Waals surface area contributed by atoms with E-state index in [0.717, 1.165) is 11.3 Å². The predicted octanol–water partition coefficient (Wildman–Crippen LogP) is -0.0601. The number of methoxy groups -OCH3 is 1. The van der Waals surface area contributed by atoms with E-state index in [2.05, 4.69) is 10.6 Å². The van der Waals surface area contributed by atoms with Crippen LogP contribution in [-0.2, 0) is 11.3 Å². The number of rotatable bonds is 6. The molecular formula is C12H16N2O5. The zero-order chi connectivity index (χ0) is 14.3. The Hall–Kier alpha value is -2.28. The van der Waals surface area contributed by atoms with Gasteiger partial charge in [-0.1, -0.05) is 12.1 Å². The van der Waals surface area contributed by atoms with Crippen LogP contribution in [0, 0.1) is 0 Å². The molecule has 0 aliphatic rings. The van der Waals surface area contributed by atoms with Crippen LogP contribution in [0.1, 0.15) is 5.56 Å². The van der Waals surface area contributed by atoms with Crippen molar-refractivity contribution < 1.29 is 24.5 Å². The molecule has 0 aromatic heterocycles. The molecular weight excluding hydrogens is 252 g/mol. The van der Waals surface area contributed by atoms with Crippen molar-refractivity contribution in [1.29, 1.82) is 0 Å². The van der Waals surface area contributed by atoms with E-state index in [1.165, 1.54) is 0 Å². The van der Waals surface area contributed by atoms with Crippen LogP contribution in [0.15, 0.2) is 24.3 Å². The van der Waals surface area contributed by atoms with E-state index in [4.69, 9.17) is 14.9 Å². The smallest absolute Gasteiger partial charge is 0.334 e.